The number of carbonyl (C=O) groups excluding carboxylic acids is 2. The number of nitrogens with one attached hydrogen (secondary N) is 3. The van der Waals surface area contributed by atoms with Gasteiger partial charge in [0.2, 0.25) is 0 Å². The fraction of sp³-hybridized carbons (Fsp3) is 0.217. The lowest BCUT2D eigenvalue weighted by atomic mass is 9.85. The minimum atomic E-state index is -1.95. The highest BCUT2D eigenvalue weighted by molar-refractivity contribution is 7.10. The van der Waals surface area contributed by atoms with E-state index in [0.29, 0.717) is 11.1 Å². The third-order valence-electron chi connectivity index (χ3n) is 5.31. The minimum absolute atomic E-state index is 0.405. The number of hydrogen-bond acceptors (Lipinski definition) is 4. The number of hydrazine groups is 1. The molecule has 30 heavy (non-hydrogen) atoms. The van der Waals surface area contributed by atoms with Crippen molar-refractivity contribution >= 4 is 29.0 Å². The number of benzene rings is 2. The Balaban J connectivity index is 1.48. The van der Waals surface area contributed by atoms with Gasteiger partial charge >= 0.3 is 6.03 Å². The van der Waals surface area contributed by atoms with Gasteiger partial charge in [0.05, 0.1) is 5.69 Å². The average molecular weight is 422 g/mol. The molecular weight excluding hydrogens is 398 g/mol. The topological polar surface area (TPSA) is 90.5 Å². The first-order chi connectivity index (χ1) is 14.6. The fourth-order valence-electron chi connectivity index (χ4n) is 3.74. The van der Waals surface area contributed by atoms with Gasteiger partial charge in [0.1, 0.15) is 0 Å². The third-order valence-corrected chi connectivity index (χ3v) is 6.40. The van der Waals surface area contributed by atoms with Crippen molar-refractivity contribution in [2.24, 2.45) is 0 Å². The van der Waals surface area contributed by atoms with Gasteiger partial charge in [-0.25, -0.2) is 10.2 Å². The largest absolute Gasteiger partial charge is 0.372 e. The molecule has 0 saturated heterocycles. The summed E-state index contributed by atoms with van der Waals surface area (Å²) in [5.41, 5.74) is 5.56. The molecule has 0 saturated carbocycles. The maximum Gasteiger partial charge on any atom is 0.337 e. The normalized spacial score (nSPS) is 13.2. The van der Waals surface area contributed by atoms with E-state index in [-0.39, 0.29) is 0 Å². The molecule has 4 rings (SSSR count). The Morgan fingerprint density at radius 3 is 2.10 bits per heavy atom. The number of hydrogen-bond donors (Lipinski definition) is 4. The Hall–Kier alpha value is -3.16. The number of carbonyl (C=O) groups is 2. The standard InChI is InChI=1S/C23H23N3O3S/c27-21(23(29,16-9-3-1-4-10-16)17-11-5-2-6-12-17)25-26-22(28)24-19-15-30-20-14-8-7-13-18(19)20/h1-6,9-12,15,29H,7-8,13-14H2,(H,25,27)(H2,24,26,28). The number of thiophene rings is 1. The van der Waals surface area contributed by atoms with Crippen molar-refractivity contribution < 1.29 is 14.7 Å². The van der Waals surface area contributed by atoms with Crippen molar-refractivity contribution in [3.8, 4) is 0 Å². The Morgan fingerprint density at radius 2 is 1.47 bits per heavy atom. The molecule has 3 aromatic rings. The van der Waals surface area contributed by atoms with E-state index in [4.69, 9.17) is 0 Å². The minimum Gasteiger partial charge on any atom is -0.372 e. The molecular formula is C23H23N3O3S. The summed E-state index contributed by atoms with van der Waals surface area (Å²) in [6.07, 6.45) is 4.27. The van der Waals surface area contributed by atoms with E-state index in [1.54, 1.807) is 72.0 Å². The molecule has 1 aliphatic rings. The second kappa shape index (κ2) is 8.69. The van der Waals surface area contributed by atoms with Gasteiger partial charge in [-0.1, -0.05) is 60.7 Å². The van der Waals surface area contributed by atoms with Crippen LogP contribution in [0.3, 0.4) is 0 Å². The highest BCUT2D eigenvalue weighted by atomic mass is 32.1. The molecule has 0 atom stereocenters. The molecule has 0 aliphatic heterocycles. The van der Waals surface area contributed by atoms with Crippen LogP contribution < -0.4 is 16.2 Å². The van der Waals surface area contributed by atoms with Crippen molar-refractivity contribution in [1.29, 1.82) is 0 Å². The average Bonchev–Trinajstić information content (AvgIpc) is 3.21. The molecule has 154 valence electrons. The molecule has 0 radical (unpaired) electrons. The van der Waals surface area contributed by atoms with Crippen LogP contribution in [0, 0.1) is 0 Å². The number of amides is 3. The maximum absolute atomic E-state index is 13.0. The summed E-state index contributed by atoms with van der Waals surface area (Å²) in [5.74, 6) is -0.748. The third kappa shape index (κ3) is 3.94. The lowest BCUT2D eigenvalue weighted by Gasteiger charge is -2.28. The van der Waals surface area contributed by atoms with E-state index in [0.717, 1.165) is 24.9 Å². The van der Waals surface area contributed by atoms with Gasteiger partial charge in [-0.3, -0.25) is 10.2 Å². The number of fused-ring (bicyclic) bond motifs is 1. The van der Waals surface area contributed by atoms with Gasteiger partial charge in [-0.05, 0) is 42.4 Å². The van der Waals surface area contributed by atoms with Crippen LogP contribution in [0.2, 0.25) is 0 Å². The van der Waals surface area contributed by atoms with E-state index in [9.17, 15) is 14.7 Å². The van der Waals surface area contributed by atoms with E-state index < -0.39 is 17.5 Å². The van der Waals surface area contributed by atoms with Crippen LogP contribution in [-0.2, 0) is 23.2 Å². The predicted octanol–water partition coefficient (Wildman–Crippen LogP) is 3.72. The van der Waals surface area contributed by atoms with Gasteiger partial charge in [0.25, 0.3) is 5.91 Å². The van der Waals surface area contributed by atoms with Crippen molar-refractivity contribution in [1.82, 2.24) is 10.9 Å². The van der Waals surface area contributed by atoms with E-state index >= 15 is 0 Å². The molecule has 4 N–H and O–H groups in total. The smallest absolute Gasteiger partial charge is 0.337 e. The van der Waals surface area contributed by atoms with Crippen LogP contribution in [-0.4, -0.2) is 17.0 Å². The van der Waals surface area contributed by atoms with E-state index in [1.807, 2.05) is 5.38 Å². The molecule has 0 spiro atoms. The highest BCUT2D eigenvalue weighted by Gasteiger charge is 2.40. The maximum atomic E-state index is 13.0. The summed E-state index contributed by atoms with van der Waals surface area (Å²) < 4.78 is 0. The summed E-state index contributed by atoms with van der Waals surface area (Å²) in [6, 6.07) is 16.7. The molecule has 1 aromatic heterocycles. The van der Waals surface area contributed by atoms with Crippen molar-refractivity contribution in [3.63, 3.8) is 0 Å². The predicted molar refractivity (Wildman–Crippen MR) is 117 cm³/mol. The lowest BCUT2D eigenvalue weighted by Crippen LogP contribution is -2.53. The number of urea groups is 1. The van der Waals surface area contributed by atoms with Gasteiger partial charge in [-0.15, -0.1) is 11.3 Å². The number of aryl methyl sites for hydroxylation is 1. The van der Waals surface area contributed by atoms with Gasteiger partial charge in [0, 0.05) is 10.3 Å². The molecule has 1 aliphatic carbocycles. The Labute approximate surface area is 178 Å². The number of rotatable bonds is 4. The first kappa shape index (κ1) is 20.1. The first-order valence-corrected chi connectivity index (χ1v) is 10.8. The molecule has 6 nitrogen and oxygen atoms in total. The monoisotopic (exact) mass is 421 g/mol. The van der Waals surface area contributed by atoms with E-state index in [2.05, 4.69) is 16.2 Å². The Kier molecular flexibility index (Phi) is 5.83. The Morgan fingerprint density at radius 1 is 0.867 bits per heavy atom. The van der Waals surface area contributed by atoms with Crippen LogP contribution in [0.15, 0.2) is 66.0 Å². The van der Waals surface area contributed by atoms with Crippen LogP contribution in [0.5, 0.6) is 0 Å². The van der Waals surface area contributed by atoms with Crippen molar-refractivity contribution in [2.45, 2.75) is 31.3 Å². The van der Waals surface area contributed by atoms with Crippen LogP contribution in [0.25, 0.3) is 0 Å². The molecule has 3 amide bonds. The highest BCUT2D eigenvalue weighted by Crippen LogP contribution is 2.33. The summed E-state index contributed by atoms with van der Waals surface area (Å²) in [7, 11) is 0. The molecule has 0 fully saturated rings. The zero-order chi connectivity index (χ0) is 21.0. The van der Waals surface area contributed by atoms with Crippen LogP contribution in [0.4, 0.5) is 10.5 Å². The van der Waals surface area contributed by atoms with Crippen molar-refractivity contribution in [3.05, 3.63) is 87.6 Å². The second-order valence-corrected chi connectivity index (χ2v) is 8.20. The molecule has 2 aromatic carbocycles. The second-order valence-electron chi connectivity index (χ2n) is 7.23. The number of aliphatic hydroxyl groups is 1. The fourth-order valence-corrected chi connectivity index (χ4v) is 4.82. The van der Waals surface area contributed by atoms with Crippen LogP contribution >= 0.6 is 11.3 Å². The molecule has 7 heteroatoms. The SMILES string of the molecule is O=C(NNC(=O)C(O)(c1ccccc1)c1ccccc1)Nc1csc2c1CCCC2. The van der Waals surface area contributed by atoms with E-state index in [1.165, 1.54) is 16.9 Å². The summed E-state index contributed by atoms with van der Waals surface area (Å²) in [5, 5.41) is 16.1. The first-order valence-electron chi connectivity index (χ1n) is 9.89. The zero-order valence-corrected chi connectivity index (χ0v) is 17.2. The summed E-state index contributed by atoms with van der Waals surface area (Å²) in [4.78, 5) is 26.7. The van der Waals surface area contributed by atoms with Gasteiger partial charge < -0.3 is 10.4 Å². The Bertz CT molecular complexity index is 995. The van der Waals surface area contributed by atoms with Gasteiger partial charge in [-0.2, -0.15) is 0 Å². The van der Waals surface area contributed by atoms with Crippen molar-refractivity contribution in [2.75, 3.05) is 5.32 Å². The lowest BCUT2D eigenvalue weighted by molar-refractivity contribution is -0.137. The number of anilines is 1. The zero-order valence-electron chi connectivity index (χ0n) is 16.4. The summed E-state index contributed by atoms with van der Waals surface area (Å²) >= 11 is 1.65. The van der Waals surface area contributed by atoms with Gasteiger partial charge in [0.15, 0.2) is 5.60 Å². The molecule has 1 heterocycles. The quantitative estimate of drug-likeness (QED) is 0.484. The summed E-state index contributed by atoms with van der Waals surface area (Å²) in [6.45, 7) is 0. The molecule has 0 unspecified atom stereocenters. The van der Waals surface area contributed by atoms with Crippen LogP contribution in [0.1, 0.15) is 34.4 Å². The molecule has 0 bridgehead atoms.